The van der Waals surface area contributed by atoms with Gasteiger partial charge in [0.25, 0.3) is 0 Å². The summed E-state index contributed by atoms with van der Waals surface area (Å²) in [7, 11) is 0. The van der Waals surface area contributed by atoms with Crippen LogP contribution in [0.2, 0.25) is 0 Å². The van der Waals surface area contributed by atoms with Crippen molar-refractivity contribution in [2.75, 3.05) is 0 Å². The van der Waals surface area contributed by atoms with E-state index in [9.17, 15) is 4.79 Å². The van der Waals surface area contributed by atoms with E-state index in [1.54, 1.807) is 6.92 Å². The van der Waals surface area contributed by atoms with Gasteiger partial charge < -0.3 is 5.11 Å². The number of carbonyl (C=O) groups is 1. The Morgan fingerprint density at radius 2 is 2.17 bits per heavy atom. The van der Waals surface area contributed by atoms with E-state index in [0.29, 0.717) is 0 Å². The van der Waals surface area contributed by atoms with Crippen LogP contribution in [0.5, 0.6) is 0 Å². The molecule has 0 fully saturated rings. The molecule has 2 nitrogen and oxygen atoms in total. The fourth-order valence-electron chi connectivity index (χ4n) is 0.950. The average molecular weight is 170 g/mol. The molecule has 0 aliphatic rings. The number of allylic oxidation sites excluding steroid dienone is 2. The fraction of sp³-hybridized carbons (Fsp3) is 0.700. The summed E-state index contributed by atoms with van der Waals surface area (Å²) in [6.07, 6.45) is 8.06. The SMILES string of the molecule is CC/C=C/CCCC(C)C(=O)O. The zero-order chi connectivity index (χ0) is 9.40. The average Bonchev–Trinajstić information content (AvgIpc) is 2.03. The molecular weight excluding hydrogens is 152 g/mol. The summed E-state index contributed by atoms with van der Waals surface area (Å²) in [5.74, 6) is -0.880. The monoisotopic (exact) mass is 170 g/mol. The van der Waals surface area contributed by atoms with E-state index < -0.39 is 5.97 Å². The summed E-state index contributed by atoms with van der Waals surface area (Å²) in [5, 5.41) is 8.57. The van der Waals surface area contributed by atoms with Gasteiger partial charge in [0.2, 0.25) is 0 Å². The van der Waals surface area contributed by atoms with Crippen LogP contribution in [0.4, 0.5) is 0 Å². The van der Waals surface area contributed by atoms with Crippen molar-refractivity contribution in [1.82, 2.24) is 0 Å². The predicted octanol–water partition coefficient (Wildman–Crippen LogP) is 2.84. The first kappa shape index (κ1) is 11.2. The first-order valence-corrected chi connectivity index (χ1v) is 4.56. The molecule has 0 amide bonds. The first-order chi connectivity index (χ1) is 5.68. The molecule has 1 atom stereocenters. The van der Waals surface area contributed by atoms with Gasteiger partial charge in [-0.3, -0.25) is 4.79 Å². The van der Waals surface area contributed by atoms with Gasteiger partial charge in [-0.2, -0.15) is 0 Å². The van der Waals surface area contributed by atoms with Gasteiger partial charge in [0.1, 0.15) is 0 Å². The molecule has 0 aromatic rings. The summed E-state index contributed by atoms with van der Waals surface area (Å²) in [5.41, 5.74) is 0. The Morgan fingerprint density at radius 1 is 1.50 bits per heavy atom. The van der Waals surface area contributed by atoms with E-state index in [1.807, 2.05) is 0 Å². The van der Waals surface area contributed by atoms with Crippen molar-refractivity contribution in [3.63, 3.8) is 0 Å². The van der Waals surface area contributed by atoms with Crippen molar-refractivity contribution in [2.45, 2.75) is 39.5 Å². The van der Waals surface area contributed by atoms with Gasteiger partial charge in [0.05, 0.1) is 5.92 Å². The van der Waals surface area contributed by atoms with Crippen LogP contribution in [0.25, 0.3) is 0 Å². The second-order valence-electron chi connectivity index (χ2n) is 3.05. The van der Waals surface area contributed by atoms with Crippen molar-refractivity contribution in [2.24, 2.45) is 5.92 Å². The molecule has 0 aliphatic carbocycles. The van der Waals surface area contributed by atoms with Crippen LogP contribution in [-0.2, 0) is 4.79 Å². The molecule has 0 spiro atoms. The summed E-state index contributed by atoms with van der Waals surface area (Å²) in [4.78, 5) is 10.4. The quantitative estimate of drug-likeness (QED) is 0.491. The van der Waals surface area contributed by atoms with Crippen LogP contribution < -0.4 is 0 Å². The maximum atomic E-state index is 10.4. The molecule has 0 saturated carbocycles. The number of aliphatic carboxylic acids is 1. The Labute approximate surface area is 74.3 Å². The second kappa shape index (κ2) is 6.89. The van der Waals surface area contributed by atoms with E-state index in [2.05, 4.69) is 19.1 Å². The van der Waals surface area contributed by atoms with Gasteiger partial charge in [-0.1, -0.05) is 26.0 Å². The van der Waals surface area contributed by atoms with E-state index in [4.69, 9.17) is 5.11 Å². The number of carboxylic acids is 1. The lowest BCUT2D eigenvalue weighted by atomic mass is 10.0. The zero-order valence-corrected chi connectivity index (χ0v) is 7.92. The van der Waals surface area contributed by atoms with Gasteiger partial charge in [-0.25, -0.2) is 0 Å². The minimum Gasteiger partial charge on any atom is -0.481 e. The molecule has 0 radical (unpaired) electrons. The topological polar surface area (TPSA) is 37.3 Å². The Hall–Kier alpha value is -0.790. The van der Waals surface area contributed by atoms with Crippen molar-refractivity contribution in [3.05, 3.63) is 12.2 Å². The van der Waals surface area contributed by atoms with Crippen LogP contribution in [0.15, 0.2) is 12.2 Å². The number of hydrogen-bond donors (Lipinski definition) is 1. The van der Waals surface area contributed by atoms with Crippen molar-refractivity contribution < 1.29 is 9.90 Å². The van der Waals surface area contributed by atoms with Crippen molar-refractivity contribution >= 4 is 5.97 Å². The lowest BCUT2D eigenvalue weighted by molar-refractivity contribution is -0.141. The third kappa shape index (κ3) is 5.96. The summed E-state index contributed by atoms with van der Waals surface area (Å²) >= 11 is 0. The third-order valence-corrected chi connectivity index (χ3v) is 1.83. The number of unbranched alkanes of at least 4 members (excludes halogenated alkanes) is 1. The Kier molecular flexibility index (Phi) is 6.44. The molecule has 0 saturated heterocycles. The molecule has 2 heteroatoms. The Morgan fingerprint density at radius 3 is 2.67 bits per heavy atom. The first-order valence-electron chi connectivity index (χ1n) is 4.56. The number of rotatable bonds is 6. The fourth-order valence-corrected chi connectivity index (χ4v) is 0.950. The van der Waals surface area contributed by atoms with Gasteiger partial charge in [-0.15, -0.1) is 0 Å². The summed E-state index contributed by atoms with van der Waals surface area (Å²) in [6.45, 7) is 3.85. The second-order valence-corrected chi connectivity index (χ2v) is 3.05. The van der Waals surface area contributed by atoms with E-state index in [1.165, 1.54) is 0 Å². The zero-order valence-electron chi connectivity index (χ0n) is 7.92. The van der Waals surface area contributed by atoms with Crippen LogP contribution in [-0.4, -0.2) is 11.1 Å². The number of carboxylic acid groups (broad SMARTS) is 1. The van der Waals surface area contributed by atoms with Gasteiger partial charge >= 0.3 is 5.97 Å². The molecule has 0 bridgehead atoms. The summed E-state index contributed by atoms with van der Waals surface area (Å²) < 4.78 is 0. The normalized spacial score (nSPS) is 13.5. The van der Waals surface area contributed by atoms with Crippen LogP contribution in [0, 0.1) is 5.92 Å². The van der Waals surface area contributed by atoms with E-state index in [0.717, 1.165) is 25.7 Å². The highest BCUT2D eigenvalue weighted by molar-refractivity contribution is 5.69. The third-order valence-electron chi connectivity index (χ3n) is 1.83. The van der Waals surface area contributed by atoms with E-state index >= 15 is 0 Å². The molecule has 70 valence electrons. The van der Waals surface area contributed by atoms with Gasteiger partial charge in [-0.05, 0) is 25.7 Å². The Bertz CT molecular complexity index is 150. The molecule has 0 aliphatic heterocycles. The van der Waals surface area contributed by atoms with Crippen LogP contribution in [0.1, 0.15) is 39.5 Å². The minimum atomic E-state index is -0.686. The Balaban J connectivity index is 3.31. The van der Waals surface area contributed by atoms with Crippen LogP contribution >= 0.6 is 0 Å². The van der Waals surface area contributed by atoms with Crippen molar-refractivity contribution in [3.8, 4) is 0 Å². The molecule has 12 heavy (non-hydrogen) atoms. The highest BCUT2D eigenvalue weighted by Crippen LogP contribution is 2.08. The van der Waals surface area contributed by atoms with Crippen LogP contribution in [0.3, 0.4) is 0 Å². The molecule has 1 unspecified atom stereocenters. The lowest BCUT2D eigenvalue weighted by Crippen LogP contribution is -2.08. The maximum absolute atomic E-state index is 10.4. The van der Waals surface area contributed by atoms with E-state index in [-0.39, 0.29) is 5.92 Å². The predicted molar refractivity (Wildman–Crippen MR) is 50.1 cm³/mol. The van der Waals surface area contributed by atoms with Crippen molar-refractivity contribution in [1.29, 1.82) is 0 Å². The molecule has 1 N–H and O–H groups in total. The highest BCUT2D eigenvalue weighted by atomic mass is 16.4. The smallest absolute Gasteiger partial charge is 0.306 e. The molecule has 0 aromatic carbocycles. The maximum Gasteiger partial charge on any atom is 0.306 e. The standard InChI is InChI=1S/C10H18O2/c1-3-4-5-6-7-8-9(2)10(11)12/h4-5,9H,3,6-8H2,1-2H3,(H,11,12)/b5-4+. The van der Waals surface area contributed by atoms with Gasteiger partial charge in [0.15, 0.2) is 0 Å². The highest BCUT2D eigenvalue weighted by Gasteiger charge is 2.08. The molecule has 0 rings (SSSR count). The summed E-state index contributed by atoms with van der Waals surface area (Å²) in [6, 6.07) is 0. The van der Waals surface area contributed by atoms with Gasteiger partial charge in [0, 0.05) is 0 Å². The lowest BCUT2D eigenvalue weighted by Gasteiger charge is -2.02. The number of hydrogen-bond acceptors (Lipinski definition) is 1. The molecular formula is C10H18O2. The molecule has 0 aromatic heterocycles. The molecule has 0 heterocycles. The largest absolute Gasteiger partial charge is 0.481 e. The minimum absolute atomic E-state index is 0.194.